The summed E-state index contributed by atoms with van der Waals surface area (Å²) in [5.41, 5.74) is 14.1. The van der Waals surface area contributed by atoms with Gasteiger partial charge in [-0.25, -0.2) is 0 Å². The van der Waals surface area contributed by atoms with E-state index in [-0.39, 0.29) is 5.48 Å². The molecule has 8 N–H and O–H groups in total. The lowest BCUT2D eigenvalue weighted by Gasteiger charge is -1.80. The average Bonchev–Trinajstić information content (AvgIpc) is 2.17. The summed E-state index contributed by atoms with van der Waals surface area (Å²) in [5.74, 6) is -1.49. The van der Waals surface area contributed by atoms with Crippen molar-refractivity contribution in [1.29, 1.82) is 0 Å². The van der Waals surface area contributed by atoms with Gasteiger partial charge in [0.2, 0.25) is 17.7 Å². The zero-order chi connectivity index (χ0) is 13.0. The van der Waals surface area contributed by atoms with Gasteiger partial charge in [-0.3, -0.25) is 14.4 Å². The number of carbonyl (C=O) groups excluding carboxylic acids is 3. The van der Waals surface area contributed by atoms with Crippen LogP contribution in [0.5, 0.6) is 0 Å². The normalized spacial score (nSPS) is 8.94. The standard InChI is InChI=1S/C7H10N2O2.C3H5NO.H2O/c8-6(10)4-2-1-3-5-7(9)11;1-2-3(4)5;/h2-5H,1H2,(H2,8,10)(H2,9,11);2H,1H2,(H2,4,5);1H2. The third-order valence-electron chi connectivity index (χ3n) is 1.04. The molecule has 0 aliphatic rings. The van der Waals surface area contributed by atoms with Crippen molar-refractivity contribution in [3.05, 3.63) is 37.0 Å². The monoisotopic (exact) mass is 243 g/mol. The molecular formula is C10H17N3O4. The molecule has 0 aliphatic carbocycles. The first-order valence-corrected chi connectivity index (χ1v) is 4.24. The van der Waals surface area contributed by atoms with E-state index in [9.17, 15) is 14.4 Å². The predicted molar refractivity (Wildman–Crippen MR) is 64.3 cm³/mol. The molecule has 0 radical (unpaired) electrons. The summed E-state index contributed by atoms with van der Waals surface area (Å²) in [7, 11) is 0. The molecule has 0 atom stereocenters. The number of hydrogen-bond acceptors (Lipinski definition) is 3. The molecule has 0 aliphatic heterocycles. The number of rotatable bonds is 5. The van der Waals surface area contributed by atoms with Crippen LogP contribution in [0, 0.1) is 0 Å². The Bertz CT molecular complexity index is 300. The van der Waals surface area contributed by atoms with E-state index in [1.165, 1.54) is 12.2 Å². The van der Waals surface area contributed by atoms with Crippen molar-refractivity contribution in [3.63, 3.8) is 0 Å². The van der Waals surface area contributed by atoms with Crippen molar-refractivity contribution in [2.24, 2.45) is 17.2 Å². The molecule has 0 rings (SSSR count). The Labute approximate surface area is 98.9 Å². The van der Waals surface area contributed by atoms with Crippen LogP contribution in [0.1, 0.15) is 6.42 Å². The Hall–Kier alpha value is -2.41. The predicted octanol–water partition coefficient (Wildman–Crippen LogP) is -1.71. The molecule has 0 aromatic carbocycles. The first-order valence-electron chi connectivity index (χ1n) is 4.24. The van der Waals surface area contributed by atoms with Crippen LogP contribution in [0.4, 0.5) is 0 Å². The molecule has 0 heterocycles. The summed E-state index contributed by atoms with van der Waals surface area (Å²) in [4.78, 5) is 29.7. The summed E-state index contributed by atoms with van der Waals surface area (Å²) in [6.45, 7) is 3.09. The lowest BCUT2D eigenvalue weighted by atomic mass is 10.3. The van der Waals surface area contributed by atoms with Gasteiger partial charge in [-0.2, -0.15) is 0 Å². The molecule has 7 nitrogen and oxygen atoms in total. The van der Waals surface area contributed by atoms with Crippen molar-refractivity contribution < 1.29 is 19.9 Å². The van der Waals surface area contributed by atoms with Gasteiger partial charge in [0.1, 0.15) is 0 Å². The van der Waals surface area contributed by atoms with E-state index in [1.807, 2.05) is 0 Å². The molecule has 0 bridgehead atoms. The lowest BCUT2D eigenvalue weighted by molar-refractivity contribution is -0.114. The third-order valence-corrected chi connectivity index (χ3v) is 1.04. The minimum atomic E-state index is -0.502. The molecule has 0 aromatic rings. The van der Waals surface area contributed by atoms with E-state index in [2.05, 4.69) is 12.3 Å². The zero-order valence-corrected chi connectivity index (χ0v) is 9.26. The highest BCUT2D eigenvalue weighted by Gasteiger charge is 1.81. The van der Waals surface area contributed by atoms with Crippen LogP contribution < -0.4 is 17.2 Å². The van der Waals surface area contributed by atoms with E-state index >= 15 is 0 Å². The SMILES string of the molecule is C=CC(N)=O.NC(=O)C=CCC=CC(N)=O.O. The fraction of sp³-hybridized carbons (Fsp3) is 0.100. The van der Waals surface area contributed by atoms with E-state index in [0.29, 0.717) is 6.42 Å². The van der Waals surface area contributed by atoms with Crippen LogP contribution >= 0.6 is 0 Å². The van der Waals surface area contributed by atoms with E-state index < -0.39 is 17.7 Å². The quantitative estimate of drug-likeness (QED) is 0.491. The van der Waals surface area contributed by atoms with E-state index in [0.717, 1.165) is 6.08 Å². The molecule has 7 heteroatoms. The topological polar surface area (TPSA) is 161 Å². The molecule has 3 amide bonds. The molecule has 0 aromatic heterocycles. The largest absolute Gasteiger partial charge is 0.412 e. The second kappa shape index (κ2) is 13.6. The zero-order valence-electron chi connectivity index (χ0n) is 9.26. The van der Waals surface area contributed by atoms with Crippen LogP contribution in [-0.4, -0.2) is 23.2 Å². The van der Waals surface area contributed by atoms with Crippen LogP contribution in [0.2, 0.25) is 0 Å². The Morgan fingerprint density at radius 3 is 1.35 bits per heavy atom. The molecule has 0 saturated heterocycles. The second-order valence-electron chi connectivity index (χ2n) is 2.45. The van der Waals surface area contributed by atoms with E-state index in [4.69, 9.17) is 11.5 Å². The Kier molecular flexibility index (Phi) is 16.0. The van der Waals surface area contributed by atoms with Gasteiger partial charge in [0.15, 0.2) is 0 Å². The van der Waals surface area contributed by atoms with Gasteiger partial charge >= 0.3 is 0 Å². The highest BCUT2D eigenvalue weighted by molar-refractivity contribution is 5.86. The highest BCUT2D eigenvalue weighted by atomic mass is 16.1. The first kappa shape index (κ1) is 20.1. The van der Waals surface area contributed by atoms with Gasteiger partial charge in [-0.15, -0.1) is 0 Å². The van der Waals surface area contributed by atoms with Gasteiger partial charge in [0, 0.05) is 0 Å². The van der Waals surface area contributed by atoms with Gasteiger partial charge in [0.05, 0.1) is 0 Å². The average molecular weight is 243 g/mol. The highest BCUT2D eigenvalue weighted by Crippen LogP contribution is 1.84. The number of allylic oxidation sites excluding steroid dienone is 2. The second-order valence-corrected chi connectivity index (χ2v) is 2.45. The Balaban J connectivity index is -0.000000280. The van der Waals surface area contributed by atoms with Crippen molar-refractivity contribution in [1.82, 2.24) is 0 Å². The van der Waals surface area contributed by atoms with Gasteiger partial charge in [-0.1, -0.05) is 18.7 Å². The smallest absolute Gasteiger partial charge is 0.241 e. The summed E-state index contributed by atoms with van der Waals surface area (Å²) >= 11 is 0. The summed E-state index contributed by atoms with van der Waals surface area (Å²) < 4.78 is 0. The molecular weight excluding hydrogens is 226 g/mol. The molecule has 96 valence electrons. The van der Waals surface area contributed by atoms with E-state index in [1.54, 1.807) is 12.2 Å². The lowest BCUT2D eigenvalue weighted by Crippen LogP contribution is -2.05. The molecule has 0 spiro atoms. The van der Waals surface area contributed by atoms with Crippen molar-refractivity contribution in [2.75, 3.05) is 0 Å². The van der Waals surface area contributed by atoms with Gasteiger partial charge in [0.25, 0.3) is 0 Å². The maximum Gasteiger partial charge on any atom is 0.241 e. The molecule has 0 saturated carbocycles. The number of carbonyl (C=O) groups is 3. The molecule has 17 heavy (non-hydrogen) atoms. The number of amides is 3. The summed E-state index contributed by atoms with van der Waals surface area (Å²) in [5, 5.41) is 0. The fourth-order valence-electron chi connectivity index (χ4n) is 0.447. The minimum absolute atomic E-state index is 0. The molecule has 0 fully saturated rings. The van der Waals surface area contributed by atoms with Crippen LogP contribution in [-0.2, 0) is 14.4 Å². The third kappa shape index (κ3) is 31.7. The van der Waals surface area contributed by atoms with Crippen molar-refractivity contribution in [2.45, 2.75) is 6.42 Å². The van der Waals surface area contributed by atoms with Crippen molar-refractivity contribution >= 4 is 17.7 Å². The maximum absolute atomic E-state index is 10.1. The van der Waals surface area contributed by atoms with Gasteiger partial charge < -0.3 is 22.7 Å². The fourth-order valence-corrected chi connectivity index (χ4v) is 0.447. The maximum atomic E-state index is 10.1. The summed E-state index contributed by atoms with van der Waals surface area (Å²) in [6, 6.07) is 0. The molecule has 0 unspecified atom stereocenters. The summed E-state index contributed by atoms with van der Waals surface area (Å²) in [6.07, 6.45) is 7.08. The van der Waals surface area contributed by atoms with Crippen LogP contribution in [0.25, 0.3) is 0 Å². The number of nitrogens with two attached hydrogens (primary N) is 3. The van der Waals surface area contributed by atoms with Crippen molar-refractivity contribution in [3.8, 4) is 0 Å². The number of hydrogen-bond donors (Lipinski definition) is 3. The first-order chi connectivity index (χ1) is 7.40. The van der Waals surface area contributed by atoms with Gasteiger partial charge in [-0.05, 0) is 24.6 Å². The van der Waals surface area contributed by atoms with Crippen LogP contribution in [0.3, 0.4) is 0 Å². The van der Waals surface area contributed by atoms with Crippen LogP contribution in [0.15, 0.2) is 37.0 Å². The minimum Gasteiger partial charge on any atom is -0.412 e. The Morgan fingerprint density at radius 2 is 1.18 bits per heavy atom. The Morgan fingerprint density at radius 1 is 0.882 bits per heavy atom. The number of primary amides is 3.